The second-order valence-electron chi connectivity index (χ2n) is 5.62. The Morgan fingerprint density at radius 2 is 1.79 bits per heavy atom. The third kappa shape index (κ3) is 4.73. The number of alkyl carbamates (subject to hydrolysis) is 1. The molecule has 4 nitrogen and oxygen atoms in total. The molecule has 0 bridgehead atoms. The van der Waals surface area contributed by atoms with Crippen LogP contribution in [0.25, 0.3) is 0 Å². The average Bonchev–Trinajstić information content (AvgIpc) is 2.26. The summed E-state index contributed by atoms with van der Waals surface area (Å²) in [5, 5.41) is 12.8. The van der Waals surface area contributed by atoms with Gasteiger partial charge in [0.25, 0.3) is 0 Å². The van der Waals surface area contributed by atoms with Gasteiger partial charge in [0.2, 0.25) is 0 Å². The molecule has 19 heavy (non-hydrogen) atoms. The molecule has 0 saturated heterocycles. The number of nitrogens with one attached hydrogen (secondary N) is 1. The first-order valence-corrected chi connectivity index (χ1v) is 6.42. The van der Waals surface area contributed by atoms with E-state index in [1.54, 1.807) is 52.0 Å². The molecule has 0 heterocycles. The van der Waals surface area contributed by atoms with Gasteiger partial charge >= 0.3 is 6.09 Å². The standard InChI is InChI=1S/C14H20ClNO3/c1-13(2,3)19-12(18)16-14(4,9-17)10-5-7-11(15)8-6-10/h5-8,17H,9H2,1-4H3,(H,16,18)/t14-/m1/s1. The number of aliphatic hydroxyl groups excluding tert-OH is 1. The summed E-state index contributed by atoms with van der Waals surface area (Å²) >= 11 is 5.82. The van der Waals surface area contributed by atoms with E-state index in [0.29, 0.717) is 5.02 Å². The van der Waals surface area contributed by atoms with Gasteiger partial charge in [0.05, 0.1) is 12.1 Å². The van der Waals surface area contributed by atoms with Crippen LogP contribution in [0.15, 0.2) is 24.3 Å². The van der Waals surface area contributed by atoms with Gasteiger partial charge in [0.1, 0.15) is 5.60 Å². The number of carbonyl (C=O) groups excluding carboxylic acids is 1. The average molecular weight is 286 g/mol. The molecule has 0 spiro atoms. The van der Waals surface area contributed by atoms with Gasteiger partial charge in [0, 0.05) is 5.02 Å². The van der Waals surface area contributed by atoms with Crippen LogP contribution in [0.4, 0.5) is 4.79 Å². The van der Waals surface area contributed by atoms with Crippen LogP contribution >= 0.6 is 11.6 Å². The topological polar surface area (TPSA) is 58.6 Å². The van der Waals surface area contributed by atoms with Crippen molar-refractivity contribution in [1.29, 1.82) is 0 Å². The van der Waals surface area contributed by atoms with Gasteiger partial charge in [-0.05, 0) is 45.4 Å². The van der Waals surface area contributed by atoms with Crippen LogP contribution in [0.5, 0.6) is 0 Å². The highest BCUT2D eigenvalue weighted by atomic mass is 35.5. The van der Waals surface area contributed by atoms with Crippen LogP contribution in [-0.2, 0) is 10.3 Å². The van der Waals surface area contributed by atoms with E-state index < -0.39 is 17.2 Å². The predicted molar refractivity (Wildman–Crippen MR) is 75.3 cm³/mol. The number of halogens is 1. The molecule has 2 N–H and O–H groups in total. The maximum absolute atomic E-state index is 11.8. The molecule has 0 fully saturated rings. The zero-order valence-corrected chi connectivity index (χ0v) is 12.4. The van der Waals surface area contributed by atoms with Gasteiger partial charge in [-0.3, -0.25) is 0 Å². The minimum Gasteiger partial charge on any atom is -0.444 e. The Morgan fingerprint density at radius 3 is 2.21 bits per heavy atom. The van der Waals surface area contributed by atoms with Crippen molar-refractivity contribution >= 4 is 17.7 Å². The van der Waals surface area contributed by atoms with Gasteiger partial charge < -0.3 is 15.2 Å². The molecule has 0 aromatic heterocycles. The highest BCUT2D eigenvalue weighted by molar-refractivity contribution is 6.30. The highest BCUT2D eigenvalue weighted by Gasteiger charge is 2.30. The molecule has 0 aliphatic carbocycles. The summed E-state index contributed by atoms with van der Waals surface area (Å²) in [6, 6.07) is 6.94. The number of rotatable bonds is 3. The number of carbonyl (C=O) groups is 1. The van der Waals surface area contributed by atoms with Crippen LogP contribution in [0.3, 0.4) is 0 Å². The Labute approximate surface area is 118 Å². The zero-order chi connectivity index (χ0) is 14.7. The van der Waals surface area contributed by atoms with Gasteiger partial charge in [-0.2, -0.15) is 0 Å². The van der Waals surface area contributed by atoms with Crippen molar-refractivity contribution in [1.82, 2.24) is 5.32 Å². The first-order valence-electron chi connectivity index (χ1n) is 6.04. The van der Waals surface area contributed by atoms with Crippen LogP contribution in [-0.4, -0.2) is 23.4 Å². The lowest BCUT2D eigenvalue weighted by Crippen LogP contribution is -2.48. The van der Waals surface area contributed by atoms with E-state index in [-0.39, 0.29) is 6.61 Å². The number of ether oxygens (including phenoxy) is 1. The fraction of sp³-hybridized carbons (Fsp3) is 0.500. The number of benzene rings is 1. The molecule has 1 amide bonds. The van der Waals surface area contributed by atoms with Crippen molar-refractivity contribution in [3.05, 3.63) is 34.9 Å². The van der Waals surface area contributed by atoms with Gasteiger partial charge in [-0.15, -0.1) is 0 Å². The summed E-state index contributed by atoms with van der Waals surface area (Å²) in [5.41, 5.74) is -0.738. The fourth-order valence-corrected chi connectivity index (χ4v) is 1.68. The molecule has 0 saturated carbocycles. The Hall–Kier alpha value is -1.26. The minimum absolute atomic E-state index is 0.242. The Morgan fingerprint density at radius 1 is 1.26 bits per heavy atom. The smallest absolute Gasteiger partial charge is 0.408 e. The molecular weight excluding hydrogens is 266 g/mol. The molecule has 1 aromatic carbocycles. The maximum atomic E-state index is 11.8. The van der Waals surface area contributed by atoms with E-state index in [2.05, 4.69) is 5.32 Å². The molecular formula is C14H20ClNO3. The van der Waals surface area contributed by atoms with Crippen molar-refractivity contribution in [2.75, 3.05) is 6.61 Å². The Balaban J connectivity index is 2.86. The quantitative estimate of drug-likeness (QED) is 0.897. The zero-order valence-electron chi connectivity index (χ0n) is 11.7. The van der Waals surface area contributed by atoms with Crippen LogP contribution in [0.2, 0.25) is 5.02 Å². The van der Waals surface area contributed by atoms with Crippen molar-refractivity contribution in [3.8, 4) is 0 Å². The third-order valence-corrected chi connectivity index (χ3v) is 2.83. The van der Waals surface area contributed by atoms with Gasteiger partial charge in [0.15, 0.2) is 0 Å². The Kier molecular flexibility index (Phi) is 4.82. The third-order valence-electron chi connectivity index (χ3n) is 2.57. The van der Waals surface area contributed by atoms with Crippen LogP contribution < -0.4 is 5.32 Å². The first-order chi connectivity index (χ1) is 8.66. The number of hydrogen-bond donors (Lipinski definition) is 2. The monoisotopic (exact) mass is 285 g/mol. The lowest BCUT2D eigenvalue weighted by molar-refractivity contribution is 0.0411. The van der Waals surface area contributed by atoms with Crippen LogP contribution in [0.1, 0.15) is 33.3 Å². The molecule has 0 aliphatic heterocycles. The maximum Gasteiger partial charge on any atom is 0.408 e. The van der Waals surface area contributed by atoms with E-state index in [1.165, 1.54) is 0 Å². The van der Waals surface area contributed by atoms with E-state index >= 15 is 0 Å². The van der Waals surface area contributed by atoms with Crippen molar-refractivity contribution in [3.63, 3.8) is 0 Å². The van der Waals surface area contributed by atoms with E-state index in [1.807, 2.05) is 0 Å². The summed E-state index contributed by atoms with van der Waals surface area (Å²) in [5.74, 6) is 0. The predicted octanol–water partition coefficient (Wildman–Crippen LogP) is 3.07. The number of hydrogen-bond acceptors (Lipinski definition) is 3. The largest absolute Gasteiger partial charge is 0.444 e. The second-order valence-corrected chi connectivity index (χ2v) is 6.06. The molecule has 1 atom stereocenters. The number of aliphatic hydroxyl groups is 1. The molecule has 106 valence electrons. The summed E-state index contributed by atoms with van der Waals surface area (Å²) in [6.07, 6.45) is -0.570. The van der Waals surface area contributed by atoms with Gasteiger partial charge in [-0.1, -0.05) is 23.7 Å². The molecule has 5 heteroatoms. The highest BCUT2D eigenvalue weighted by Crippen LogP contribution is 2.23. The summed E-state index contributed by atoms with van der Waals surface area (Å²) in [4.78, 5) is 11.8. The summed E-state index contributed by atoms with van der Waals surface area (Å²) < 4.78 is 5.19. The van der Waals surface area contributed by atoms with Crippen molar-refractivity contribution in [2.24, 2.45) is 0 Å². The summed E-state index contributed by atoms with van der Waals surface area (Å²) in [7, 11) is 0. The lowest BCUT2D eigenvalue weighted by atomic mass is 9.93. The van der Waals surface area contributed by atoms with E-state index in [0.717, 1.165) is 5.56 Å². The molecule has 0 aliphatic rings. The summed E-state index contributed by atoms with van der Waals surface area (Å²) in [6.45, 7) is 6.83. The lowest BCUT2D eigenvalue weighted by Gasteiger charge is -2.30. The molecule has 0 unspecified atom stereocenters. The van der Waals surface area contributed by atoms with Crippen molar-refractivity contribution < 1.29 is 14.6 Å². The van der Waals surface area contributed by atoms with Crippen molar-refractivity contribution in [2.45, 2.75) is 38.8 Å². The second kappa shape index (κ2) is 5.80. The molecule has 1 aromatic rings. The fourth-order valence-electron chi connectivity index (χ4n) is 1.55. The molecule has 0 radical (unpaired) electrons. The Bertz CT molecular complexity index is 439. The number of amides is 1. The van der Waals surface area contributed by atoms with Gasteiger partial charge in [-0.25, -0.2) is 4.79 Å². The molecule has 1 rings (SSSR count). The normalized spacial score (nSPS) is 14.6. The first kappa shape index (κ1) is 15.8. The SMILES string of the molecule is CC(C)(C)OC(=O)N[C@](C)(CO)c1ccc(Cl)cc1. The van der Waals surface area contributed by atoms with E-state index in [9.17, 15) is 9.90 Å². The van der Waals surface area contributed by atoms with Crippen LogP contribution in [0, 0.1) is 0 Å². The minimum atomic E-state index is -0.910. The van der Waals surface area contributed by atoms with E-state index in [4.69, 9.17) is 16.3 Å².